The van der Waals surface area contributed by atoms with E-state index in [4.69, 9.17) is 19.6 Å². The third kappa shape index (κ3) is 3.23. The number of carbonyl (C=O) groups is 2. The van der Waals surface area contributed by atoms with Crippen LogP contribution in [0.25, 0.3) is 0 Å². The number of ether oxygens (including phenoxy) is 2. The SMILES string of the molecule is CC(=O)OC[C@H]1C[C@@H](OC(C)=O)CC[C@]1(C)[C@H]1CC[C@@]2(C)[C@]3(CC[C@@]2(O)c2ccco2)CC13CN. The van der Waals surface area contributed by atoms with Crippen molar-refractivity contribution in [2.24, 2.45) is 39.2 Å². The Morgan fingerprint density at radius 2 is 1.91 bits per heavy atom. The molecular formula is C28H41NO6. The first-order valence-electron chi connectivity index (χ1n) is 13.3. The number of furan rings is 1. The Bertz CT molecular complexity index is 994. The van der Waals surface area contributed by atoms with E-state index in [-0.39, 0.29) is 45.6 Å². The maximum Gasteiger partial charge on any atom is 0.302 e. The van der Waals surface area contributed by atoms with Crippen LogP contribution >= 0.6 is 0 Å². The highest BCUT2D eigenvalue weighted by atomic mass is 16.5. The Balaban J connectivity index is 1.48. The predicted molar refractivity (Wildman–Crippen MR) is 129 cm³/mol. The lowest BCUT2D eigenvalue weighted by molar-refractivity contribution is -0.168. The quantitative estimate of drug-likeness (QED) is 0.575. The summed E-state index contributed by atoms with van der Waals surface area (Å²) in [6, 6.07) is 3.77. The van der Waals surface area contributed by atoms with Crippen LogP contribution < -0.4 is 5.73 Å². The maximum atomic E-state index is 12.0. The molecule has 5 rings (SSSR count). The van der Waals surface area contributed by atoms with Crippen LogP contribution in [0.3, 0.4) is 0 Å². The minimum absolute atomic E-state index is 0.0269. The molecule has 7 nitrogen and oxygen atoms in total. The minimum atomic E-state index is -0.983. The molecule has 8 atom stereocenters. The number of rotatable bonds is 6. The molecule has 1 aromatic heterocycles. The van der Waals surface area contributed by atoms with Crippen LogP contribution in [0.15, 0.2) is 22.8 Å². The zero-order valence-electron chi connectivity index (χ0n) is 21.6. The summed E-state index contributed by atoms with van der Waals surface area (Å²) >= 11 is 0. The number of aliphatic hydroxyl groups is 1. The monoisotopic (exact) mass is 487 g/mol. The van der Waals surface area contributed by atoms with Crippen molar-refractivity contribution < 1.29 is 28.6 Å². The van der Waals surface area contributed by atoms with Gasteiger partial charge in [0.05, 0.1) is 12.9 Å². The smallest absolute Gasteiger partial charge is 0.302 e. The Morgan fingerprint density at radius 1 is 1.14 bits per heavy atom. The summed E-state index contributed by atoms with van der Waals surface area (Å²) in [4.78, 5) is 23.4. The second-order valence-corrected chi connectivity index (χ2v) is 12.4. The van der Waals surface area contributed by atoms with Gasteiger partial charge >= 0.3 is 11.9 Å². The van der Waals surface area contributed by atoms with Crippen molar-refractivity contribution in [2.75, 3.05) is 13.2 Å². The molecule has 4 fully saturated rings. The molecule has 4 aliphatic rings. The number of esters is 2. The Kier molecular flexibility index (Phi) is 5.72. The summed E-state index contributed by atoms with van der Waals surface area (Å²) in [5.41, 5.74) is 5.19. The normalized spacial score (nSPS) is 46.4. The largest absolute Gasteiger partial charge is 0.466 e. The molecule has 0 radical (unpaired) electrons. The Labute approximate surface area is 208 Å². The standard InChI is InChI=1S/C28H41NO6/c1-18(30)34-15-20-14-21(35-19(2)31)7-9-24(20,3)22-8-10-25(4)27(16-26(22,27)17-29)11-12-28(25,32)23-6-5-13-33-23/h5-6,13,20-22,32H,7-12,14-17,29H2,1-4H3/t20-,21+,22-,24+,25+,26?,27+,28-/m1/s1. The molecule has 1 unspecified atom stereocenters. The molecule has 4 aliphatic carbocycles. The van der Waals surface area contributed by atoms with Crippen molar-refractivity contribution >= 4 is 11.9 Å². The van der Waals surface area contributed by atoms with Gasteiger partial charge in [0.2, 0.25) is 0 Å². The molecule has 0 aromatic carbocycles. The first-order valence-corrected chi connectivity index (χ1v) is 13.3. The van der Waals surface area contributed by atoms with Crippen molar-refractivity contribution in [2.45, 2.75) is 90.8 Å². The van der Waals surface area contributed by atoms with Gasteiger partial charge in [-0.15, -0.1) is 0 Å². The van der Waals surface area contributed by atoms with E-state index in [1.165, 1.54) is 13.8 Å². The van der Waals surface area contributed by atoms with Gasteiger partial charge in [0.1, 0.15) is 17.5 Å². The van der Waals surface area contributed by atoms with Crippen LogP contribution in [-0.2, 0) is 24.7 Å². The predicted octanol–water partition coefficient (Wildman–Crippen LogP) is 4.31. The minimum Gasteiger partial charge on any atom is -0.466 e. The zero-order chi connectivity index (χ0) is 25.3. The van der Waals surface area contributed by atoms with Crippen LogP contribution in [0, 0.1) is 33.5 Å². The molecule has 0 amide bonds. The van der Waals surface area contributed by atoms with E-state index in [9.17, 15) is 14.7 Å². The van der Waals surface area contributed by atoms with Crippen molar-refractivity contribution in [3.05, 3.63) is 24.2 Å². The molecule has 1 heterocycles. The topological polar surface area (TPSA) is 112 Å². The highest BCUT2D eigenvalue weighted by Gasteiger charge is 2.85. The van der Waals surface area contributed by atoms with Crippen LogP contribution in [0.5, 0.6) is 0 Å². The highest BCUT2D eigenvalue weighted by Crippen LogP contribution is 2.88. The fourth-order valence-electron chi connectivity index (χ4n) is 9.47. The van der Waals surface area contributed by atoms with E-state index in [2.05, 4.69) is 13.8 Å². The van der Waals surface area contributed by atoms with E-state index in [0.717, 1.165) is 38.5 Å². The first-order chi connectivity index (χ1) is 16.5. The number of nitrogens with two attached hydrogens (primary N) is 1. The lowest BCUT2D eigenvalue weighted by Crippen LogP contribution is -2.56. The zero-order valence-corrected chi connectivity index (χ0v) is 21.6. The fourth-order valence-corrected chi connectivity index (χ4v) is 9.47. The Morgan fingerprint density at radius 3 is 2.54 bits per heavy atom. The fraction of sp³-hybridized carbons (Fsp3) is 0.786. The number of hydrogen-bond donors (Lipinski definition) is 2. The van der Waals surface area contributed by atoms with E-state index in [1.54, 1.807) is 6.26 Å². The molecule has 35 heavy (non-hydrogen) atoms. The molecule has 0 aliphatic heterocycles. The third-order valence-electron chi connectivity index (χ3n) is 11.3. The summed E-state index contributed by atoms with van der Waals surface area (Å²) in [5, 5.41) is 12.0. The van der Waals surface area contributed by atoms with Gasteiger partial charge in [-0.1, -0.05) is 13.8 Å². The van der Waals surface area contributed by atoms with Crippen LogP contribution in [0.4, 0.5) is 0 Å². The second-order valence-electron chi connectivity index (χ2n) is 12.4. The van der Waals surface area contributed by atoms with E-state index >= 15 is 0 Å². The summed E-state index contributed by atoms with van der Waals surface area (Å²) in [5.74, 6) is 0.570. The molecule has 1 aromatic rings. The summed E-state index contributed by atoms with van der Waals surface area (Å²) in [6.07, 6.45) is 8.42. The highest BCUT2D eigenvalue weighted by molar-refractivity contribution is 5.66. The van der Waals surface area contributed by atoms with Gasteiger partial charge in [-0.3, -0.25) is 9.59 Å². The van der Waals surface area contributed by atoms with E-state index in [0.29, 0.717) is 37.7 Å². The van der Waals surface area contributed by atoms with Crippen LogP contribution in [0.2, 0.25) is 0 Å². The maximum absolute atomic E-state index is 12.0. The van der Waals surface area contributed by atoms with Crippen LogP contribution in [-0.4, -0.2) is 36.3 Å². The van der Waals surface area contributed by atoms with E-state index in [1.807, 2.05) is 12.1 Å². The Hall–Kier alpha value is -1.86. The van der Waals surface area contributed by atoms with Gasteiger partial charge in [0.25, 0.3) is 0 Å². The summed E-state index contributed by atoms with van der Waals surface area (Å²) in [7, 11) is 0. The van der Waals surface area contributed by atoms with Crippen molar-refractivity contribution in [3.63, 3.8) is 0 Å². The van der Waals surface area contributed by atoms with Crippen molar-refractivity contribution in [1.82, 2.24) is 0 Å². The summed E-state index contributed by atoms with van der Waals surface area (Å²) in [6.45, 7) is 8.42. The van der Waals surface area contributed by atoms with Gasteiger partial charge in [0, 0.05) is 25.2 Å². The molecule has 4 saturated carbocycles. The molecular weight excluding hydrogens is 446 g/mol. The molecule has 3 N–H and O–H groups in total. The van der Waals surface area contributed by atoms with Gasteiger partial charge in [-0.25, -0.2) is 0 Å². The third-order valence-corrected chi connectivity index (χ3v) is 11.3. The molecule has 0 saturated heterocycles. The van der Waals surface area contributed by atoms with Crippen molar-refractivity contribution in [1.29, 1.82) is 0 Å². The number of carbonyl (C=O) groups excluding carboxylic acids is 2. The average Bonchev–Trinajstić information content (AvgIpc) is 3.08. The average molecular weight is 488 g/mol. The van der Waals surface area contributed by atoms with Crippen LogP contribution in [0.1, 0.15) is 84.8 Å². The van der Waals surface area contributed by atoms with E-state index < -0.39 is 5.60 Å². The summed E-state index contributed by atoms with van der Waals surface area (Å²) < 4.78 is 16.9. The van der Waals surface area contributed by atoms with Gasteiger partial charge in [0.15, 0.2) is 0 Å². The molecule has 194 valence electrons. The van der Waals surface area contributed by atoms with Gasteiger partial charge in [-0.2, -0.15) is 0 Å². The lowest BCUT2D eigenvalue weighted by Gasteiger charge is -2.57. The lowest BCUT2D eigenvalue weighted by atomic mass is 9.48. The van der Waals surface area contributed by atoms with Gasteiger partial charge < -0.3 is 24.7 Å². The molecule has 0 bridgehead atoms. The number of hydrogen-bond acceptors (Lipinski definition) is 7. The van der Waals surface area contributed by atoms with Gasteiger partial charge in [-0.05, 0) is 92.2 Å². The molecule has 1 spiro atoms. The first kappa shape index (κ1) is 24.8. The second kappa shape index (κ2) is 8.07. The van der Waals surface area contributed by atoms with Crippen molar-refractivity contribution in [3.8, 4) is 0 Å². The molecule has 7 heteroatoms.